The second kappa shape index (κ2) is 11.8. The normalized spacial score (nSPS) is 14.9. The SMILES string of the molecule is CCCC1=C(C(=O)OCC)C(c2ccccc2OC)n2c(s/c(=C\c3ccc(-c4ccc([N+](=O)[O-])cc4)o3)c2=O)=N1. The number of nitrogens with zero attached hydrogens (tertiary/aromatic N) is 3. The first-order valence-electron chi connectivity index (χ1n) is 13.1. The van der Waals surface area contributed by atoms with Crippen molar-refractivity contribution in [1.29, 1.82) is 0 Å². The van der Waals surface area contributed by atoms with E-state index in [2.05, 4.69) is 0 Å². The second-order valence-corrected chi connectivity index (χ2v) is 10.2. The highest BCUT2D eigenvalue weighted by molar-refractivity contribution is 7.07. The number of para-hydroxylation sites is 1. The zero-order valence-corrected chi connectivity index (χ0v) is 23.5. The molecule has 0 N–H and O–H groups in total. The standard InChI is InChI=1S/C30H27N3O7S/c1-4-8-22-26(29(35)39-5-2)27(21-9-6-7-10-24(21)38-3)32-28(34)25(41-30(32)31-22)17-20-15-16-23(40-20)18-11-13-19(14-12-18)33(36)37/h6-7,9-17,27H,4-5,8H2,1-3H3/b25-17-. The van der Waals surface area contributed by atoms with Gasteiger partial charge in [0.05, 0.1) is 34.4 Å². The summed E-state index contributed by atoms with van der Waals surface area (Å²) in [5.74, 6) is 0.936. The summed E-state index contributed by atoms with van der Waals surface area (Å²) in [6.07, 6.45) is 2.90. The van der Waals surface area contributed by atoms with Crippen LogP contribution in [0.3, 0.4) is 0 Å². The number of carbonyl (C=O) groups excluding carboxylic acids is 1. The Kier molecular flexibility index (Phi) is 7.97. The molecule has 0 amide bonds. The minimum Gasteiger partial charge on any atom is -0.496 e. The average Bonchev–Trinajstić information content (AvgIpc) is 3.57. The van der Waals surface area contributed by atoms with Crippen LogP contribution in [0, 0.1) is 10.1 Å². The number of ether oxygens (including phenoxy) is 2. The van der Waals surface area contributed by atoms with Crippen LogP contribution in [0.4, 0.5) is 5.69 Å². The predicted molar refractivity (Wildman–Crippen MR) is 153 cm³/mol. The van der Waals surface area contributed by atoms with Gasteiger partial charge < -0.3 is 13.9 Å². The maximum absolute atomic E-state index is 13.9. The quantitative estimate of drug-likeness (QED) is 0.161. The van der Waals surface area contributed by atoms with Crippen molar-refractivity contribution in [2.45, 2.75) is 32.7 Å². The lowest BCUT2D eigenvalue weighted by Gasteiger charge is -2.26. The number of nitro benzene ring substituents is 1. The van der Waals surface area contributed by atoms with Gasteiger partial charge in [-0.25, -0.2) is 9.79 Å². The van der Waals surface area contributed by atoms with E-state index in [9.17, 15) is 19.7 Å². The smallest absolute Gasteiger partial charge is 0.338 e. The van der Waals surface area contributed by atoms with Crippen LogP contribution >= 0.6 is 11.3 Å². The number of nitro groups is 1. The van der Waals surface area contributed by atoms with Crippen LogP contribution < -0.4 is 19.6 Å². The monoisotopic (exact) mass is 573 g/mol. The Hall–Kier alpha value is -4.77. The summed E-state index contributed by atoms with van der Waals surface area (Å²) in [5, 5.41) is 11.0. The third kappa shape index (κ3) is 5.36. The summed E-state index contributed by atoms with van der Waals surface area (Å²) < 4.78 is 18.9. The summed E-state index contributed by atoms with van der Waals surface area (Å²) >= 11 is 1.20. The number of rotatable bonds is 9. The van der Waals surface area contributed by atoms with Gasteiger partial charge in [-0.15, -0.1) is 0 Å². The van der Waals surface area contributed by atoms with E-state index in [0.29, 0.717) is 55.4 Å². The van der Waals surface area contributed by atoms with Crippen LogP contribution in [0.5, 0.6) is 5.75 Å². The lowest BCUT2D eigenvalue weighted by molar-refractivity contribution is -0.384. The molecule has 3 heterocycles. The zero-order chi connectivity index (χ0) is 29.1. The summed E-state index contributed by atoms with van der Waals surface area (Å²) in [6, 6.07) is 16.0. The third-order valence-corrected chi connectivity index (χ3v) is 7.57. The lowest BCUT2D eigenvalue weighted by atomic mass is 9.93. The van der Waals surface area contributed by atoms with Crippen LogP contribution in [0.2, 0.25) is 0 Å². The molecule has 0 bridgehead atoms. The van der Waals surface area contributed by atoms with E-state index in [1.165, 1.54) is 28.0 Å². The first kappa shape index (κ1) is 27.8. The molecule has 2 aromatic heterocycles. The molecule has 11 heteroatoms. The molecule has 1 aliphatic rings. The number of methoxy groups -OCH3 is 1. The number of aromatic nitrogens is 1. The first-order chi connectivity index (χ1) is 19.9. The number of carbonyl (C=O) groups is 1. The van der Waals surface area contributed by atoms with Crippen molar-refractivity contribution in [3.63, 3.8) is 0 Å². The Morgan fingerprint density at radius 2 is 1.90 bits per heavy atom. The first-order valence-corrected chi connectivity index (χ1v) is 13.9. The lowest BCUT2D eigenvalue weighted by Crippen LogP contribution is -2.40. The molecule has 10 nitrogen and oxygen atoms in total. The van der Waals surface area contributed by atoms with Gasteiger partial charge in [0.1, 0.15) is 23.3 Å². The molecule has 210 valence electrons. The van der Waals surface area contributed by atoms with Crippen LogP contribution in [0.15, 0.2) is 86.1 Å². The topological polar surface area (TPSA) is 126 Å². The molecule has 1 atom stereocenters. The van der Waals surface area contributed by atoms with Gasteiger partial charge in [0.15, 0.2) is 4.80 Å². The number of esters is 1. The molecular weight excluding hydrogens is 546 g/mol. The number of hydrogen-bond donors (Lipinski definition) is 0. The number of furan rings is 1. The minimum atomic E-state index is -0.794. The Morgan fingerprint density at radius 1 is 1.15 bits per heavy atom. The van der Waals surface area contributed by atoms with Crippen molar-refractivity contribution in [2.24, 2.45) is 4.99 Å². The van der Waals surface area contributed by atoms with Crippen molar-refractivity contribution in [1.82, 2.24) is 4.57 Å². The Morgan fingerprint density at radius 3 is 2.59 bits per heavy atom. The molecule has 1 aliphatic heterocycles. The fourth-order valence-electron chi connectivity index (χ4n) is 4.77. The van der Waals surface area contributed by atoms with Gasteiger partial charge in [-0.2, -0.15) is 0 Å². The Bertz CT molecular complexity index is 1830. The maximum Gasteiger partial charge on any atom is 0.338 e. The summed E-state index contributed by atoms with van der Waals surface area (Å²) in [4.78, 5) is 43.0. The van der Waals surface area contributed by atoms with Crippen molar-refractivity contribution in [3.05, 3.63) is 113 Å². The van der Waals surface area contributed by atoms with E-state index in [0.717, 1.165) is 6.42 Å². The van der Waals surface area contributed by atoms with Crippen molar-refractivity contribution < 1.29 is 23.6 Å². The number of non-ortho nitro benzene ring substituents is 1. The van der Waals surface area contributed by atoms with Gasteiger partial charge >= 0.3 is 5.97 Å². The molecule has 2 aromatic carbocycles. The van der Waals surface area contributed by atoms with Gasteiger partial charge in [-0.05, 0) is 43.7 Å². The average molecular weight is 574 g/mol. The fourth-order valence-corrected chi connectivity index (χ4v) is 5.77. The zero-order valence-electron chi connectivity index (χ0n) is 22.7. The molecule has 0 aliphatic carbocycles. The van der Waals surface area contributed by atoms with Gasteiger partial charge in [0.2, 0.25) is 0 Å². The van der Waals surface area contributed by atoms with E-state index < -0.39 is 16.9 Å². The van der Waals surface area contributed by atoms with Crippen LogP contribution in [0.25, 0.3) is 17.4 Å². The van der Waals surface area contributed by atoms with E-state index in [1.54, 1.807) is 50.4 Å². The highest BCUT2D eigenvalue weighted by Crippen LogP contribution is 2.37. The number of fused-ring (bicyclic) bond motifs is 1. The molecule has 0 saturated heterocycles. The summed E-state index contributed by atoms with van der Waals surface area (Å²) in [6.45, 7) is 3.91. The van der Waals surface area contributed by atoms with E-state index in [1.807, 2.05) is 25.1 Å². The van der Waals surface area contributed by atoms with Crippen LogP contribution in [-0.4, -0.2) is 29.2 Å². The highest BCUT2D eigenvalue weighted by Gasteiger charge is 2.35. The predicted octanol–water partition coefficient (Wildman–Crippen LogP) is 4.76. The van der Waals surface area contributed by atoms with Crippen molar-refractivity contribution in [2.75, 3.05) is 13.7 Å². The number of hydrogen-bond acceptors (Lipinski definition) is 9. The molecule has 41 heavy (non-hydrogen) atoms. The van der Waals surface area contributed by atoms with Crippen molar-refractivity contribution in [3.8, 4) is 17.1 Å². The molecule has 5 rings (SSSR count). The Labute approximate surface area is 238 Å². The fraction of sp³-hybridized carbons (Fsp3) is 0.233. The van der Waals surface area contributed by atoms with Crippen LogP contribution in [0.1, 0.15) is 44.1 Å². The molecule has 0 fully saturated rings. The third-order valence-electron chi connectivity index (χ3n) is 6.59. The van der Waals surface area contributed by atoms with Crippen LogP contribution in [-0.2, 0) is 9.53 Å². The van der Waals surface area contributed by atoms with Crippen molar-refractivity contribution >= 4 is 29.1 Å². The molecule has 0 spiro atoms. The van der Waals surface area contributed by atoms with Gasteiger partial charge in [-0.3, -0.25) is 19.5 Å². The van der Waals surface area contributed by atoms with E-state index in [-0.39, 0.29) is 17.9 Å². The molecule has 1 unspecified atom stereocenters. The minimum absolute atomic E-state index is 0.0177. The molecule has 0 saturated carbocycles. The molecule has 4 aromatic rings. The maximum atomic E-state index is 13.9. The van der Waals surface area contributed by atoms with E-state index in [4.69, 9.17) is 18.9 Å². The highest BCUT2D eigenvalue weighted by atomic mass is 32.1. The largest absolute Gasteiger partial charge is 0.496 e. The van der Waals surface area contributed by atoms with Gasteiger partial charge in [0, 0.05) is 29.3 Å². The molecule has 0 radical (unpaired) electrons. The summed E-state index contributed by atoms with van der Waals surface area (Å²) in [7, 11) is 1.54. The summed E-state index contributed by atoms with van der Waals surface area (Å²) in [5.41, 5.74) is 1.85. The van der Waals surface area contributed by atoms with Gasteiger partial charge in [-0.1, -0.05) is 42.9 Å². The molecular formula is C30H27N3O7S. The Balaban J connectivity index is 1.65. The second-order valence-electron chi connectivity index (χ2n) is 9.16. The number of thiazole rings is 1. The number of benzene rings is 2. The number of allylic oxidation sites excluding steroid dienone is 1. The van der Waals surface area contributed by atoms with Gasteiger partial charge in [0.25, 0.3) is 11.2 Å². The van der Waals surface area contributed by atoms with E-state index >= 15 is 0 Å².